The second-order valence-electron chi connectivity index (χ2n) is 6.89. The van der Waals surface area contributed by atoms with Gasteiger partial charge in [-0.2, -0.15) is 5.10 Å². The number of nitrogens with zero attached hydrogens (tertiary/aromatic N) is 4. The van der Waals surface area contributed by atoms with E-state index in [9.17, 15) is 9.59 Å². The predicted octanol–water partition coefficient (Wildman–Crippen LogP) is 2.05. The van der Waals surface area contributed by atoms with Crippen LogP contribution in [0, 0.1) is 13.8 Å². The molecule has 144 valence electrons. The number of aryl methyl sites for hydroxylation is 2. The summed E-state index contributed by atoms with van der Waals surface area (Å²) in [5, 5.41) is 4.42. The Bertz CT molecular complexity index is 820. The minimum atomic E-state index is -0.345. The highest BCUT2D eigenvalue weighted by molar-refractivity contribution is 5.94. The van der Waals surface area contributed by atoms with Crippen molar-refractivity contribution in [1.82, 2.24) is 19.6 Å². The number of benzene rings is 1. The van der Waals surface area contributed by atoms with Gasteiger partial charge in [-0.05, 0) is 51.1 Å². The lowest BCUT2D eigenvalue weighted by molar-refractivity contribution is -0.136. The summed E-state index contributed by atoms with van der Waals surface area (Å²) >= 11 is 0. The number of carbonyl (C=O) groups excluding carboxylic acids is 2. The van der Waals surface area contributed by atoms with Gasteiger partial charge in [0.25, 0.3) is 5.91 Å². The SMILES string of the molecule is COc1ccc(C(=O)N2CCN(C(=O)C(C)n3nc(C)cc3C)CC2)cc1. The second-order valence-corrected chi connectivity index (χ2v) is 6.89. The summed E-state index contributed by atoms with van der Waals surface area (Å²) in [6.45, 7) is 7.87. The third-order valence-electron chi connectivity index (χ3n) is 4.98. The normalized spacial score (nSPS) is 15.6. The molecule has 1 atom stereocenters. The zero-order valence-corrected chi connectivity index (χ0v) is 16.3. The van der Waals surface area contributed by atoms with Crippen molar-refractivity contribution in [3.05, 3.63) is 47.3 Å². The summed E-state index contributed by atoms with van der Waals surface area (Å²) in [6, 6.07) is 8.72. The maximum atomic E-state index is 12.8. The minimum Gasteiger partial charge on any atom is -0.497 e. The first-order valence-electron chi connectivity index (χ1n) is 9.15. The van der Waals surface area contributed by atoms with Crippen LogP contribution in [-0.2, 0) is 4.79 Å². The van der Waals surface area contributed by atoms with Crippen molar-refractivity contribution in [2.75, 3.05) is 33.3 Å². The molecule has 3 rings (SSSR count). The van der Waals surface area contributed by atoms with Gasteiger partial charge in [0.2, 0.25) is 5.91 Å². The van der Waals surface area contributed by atoms with E-state index in [1.165, 1.54) is 0 Å². The topological polar surface area (TPSA) is 67.7 Å². The quantitative estimate of drug-likeness (QED) is 0.826. The van der Waals surface area contributed by atoms with E-state index in [4.69, 9.17) is 4.74 Å². The molecule has 7 heteroatoms. The van der Waals surface area contributed by atoms with Crippen molar-refractivity contribution < 1.29 is 14.3 Å². The number of ether oxygens (including phenoxy) is 1. The van der Waals surface area contributed by atoms with Crippen molar-refractivity contribution in [1.29, 1.82) is 0 Å². The van der Waals surface area contributed by atoms with Crippen LogP contribution in [0.1, 0.15) is 34.7 Å². The zero-order chi connectivity index (χ0) is 19.6. The number of hydrogen-bond acceptors (Lipinski definition) is 4. The Balaban J connectivity index is 1.60. The van der Waals surface area contributed by atoms with E-state index in [0.717, 1.165) is 17.1 Å². The Morgan fingerprint density at radius 2 is 1.63 bits per heavy atom. The second kappa shape index (κ2) is 7.82. The Labute approximate surface area is 159 Å². The Morgan fingerprint density at radius 1 is 1.04 bits per heavy atom. The van der Waals surface area contributed by atoms with Gasteiger partial charge in [0, 0.05) is 37.4 Å². The fourth-order valence-electron chi connectivity index (χ4n) is 3.45. The predicted molar refractivity (Wildman–Crippen MR) is 102 cm³/mol. The van der Waals surface area contributed by atoms with Crippen molar-refractivity contribution in [3.8, 4) is 5.75 Å². The molecule has 0 saturated carbocycles. The third kappa shape index (κ3) is 3.97. The first-order chi connectivity index (χ1) is 12.9. The molecule has 2 heterocycles. The Kier molecular flexibility index (Phi) is 5.48. The van der Waals surface area contributed by atoms with Crippen LogP contribution >= 0.6 is 0 Å². The van der Waals surface area contributed by atoms with Crippen LogP contribution in [0.15, 0.2) is 30.3 Å². The van der Waals surface area contributed by atoms with Gasteiger partial charge < -0.3 is 14.5 Å². The van der Waals surface area contributed by atoms with Gasteiger partial charge in [-0.15, -0.1) is 0 Å². The molecule has 1 aromatic carbocycles. The molecular formula is C20H26N4O3. The van der Waals surface area contributed by atoms with Crippen molar-refractivity contribution >= 4 is 11.8 Å². The summed E-state index contributed by atoms with van der Waals surface area (Å²) < 4.78 is 6.90. The number of carbonyl (C=O) groups is 2. The molecule has 1 aliphatic heterocycles. The van der Waals surface area contributed by atoms with Crippen LogP contribution < -0.4 is 4.74 Å². The number of hydrogen-bond donors (Lipinski definition) is 0. The highest BCUT2D eigenvalue weighted by Gasteiger charge is 2.29. The minimum absolute atomic E-state index is 0.0173. The molecule has 0 spiro atoms. The average molecular weight is 370 g/mol. The number of methoxy groups -OCH3 is 1. The van der Waals surface area contributed by atoms with Crippen LogP contribution in [0.3, 0.4) is 0 Å². The maximum Gasteiger partial charge on any atom is 0.253 e. The van der Waals surface area contributed by atoms with Crippen LogP contribution in [-0.4, -0.2) is 64.7 Å². The standard InChI is InChI=1S/C20H26N4O3/c1-14-13-15(2)24(21-14)16(3)19(25)22-9-11-23(12-10-22)20(26)17-5-7-18(27-4)8-6-17/h5-8,13,16H,9-12H2,1-4H3. The molecule has 2 aromatic rings. The molecule has 7 nitrogen and oxygen atoms in total. The first-order valence-corrected chi connectivity index (χ1v) is 9.15. The monoisotopic (exact) mass is 370 g/mol. The third-order valence-corrected chi connectivity index (χ3v) is 4.98. The number of amides is 2. The summed E-state index contributed by atoms with van der Waals surface area (Å²) in [7, 11) is 1.60. The number of aromatic nitrogens is 2. The van der Waals surface area contributed by atoms with Gasteiger partial charge in [-0.25, -0.2) is 0 Å². The average Bonchev–Trinajstić information content (AvgIpc) is 3.04. The highest BCUT2D eigenvalue weighted by Crippen LogP contribution is 2.17. The fraction of sp³-hybridized carbons (Fsp3) is 0.450. The van der Waals surface area contributed by atoms with Crippen LogP contribution in [0.2, 0.25) is 0 Å². The molecular weight excluding hydrogens is 344 g/mol. The molecule has 2 amide bonds. The molecule has 1 saturated heterocycles. The first kappa shape index (κ1) is 18.9. The number of rotatable bonds is 4. The summed E-state index contributed by atoms with van der Waals surface area (Å²) in [6.07, 6.45) is 0. The summed E-state index contributed by atoms with van der Waals surface area (Å²) in [5.74, 6) is 0.745. The van der Waals surface area contributed by atoms with E-state index < -0.39 is 0 Å². The molecule has 0 aliphatic carbocycles. The van der Waals surface area contributed by atoms with Crippen LogP contribution in [0.4, 0.5) is 0 Å². The molecule has 0 bridgehead atoms. The van der Waals surface area contributed by atoms with Gasteiger partial charge in [-0.1, -0.05) is 0 Å². The molecule has 1 fully saturated rings. The van der Waals surface area contributed by atoms with Crippen molar-refractivity contribution in [3.63, 3.8) is 0 Å². The van der Waals surface area contributed by atoms with E-state index >= 15 is 0 Å². The molecule has 0 radical (unpaired) electrons. The molecule has 0 N–H and O–H groups in total. The van der Waals surface area contributed by atoms with Gasteiger partial charge in [-0.3, -0.25) is 14.3 Å². The lowest BCUT2D eigenvalue weighted by Crippen LogP contribution is -2.52. The van der Waals surface area contributed by atoms with E-state index in [1.54, 1.807) is 41.0 Å². The van der Waals surface area contributed by atoms with E-state index in [2.05, 4.69) is 5.10 Å². The Hall–Kier alpha value is -2.83. The summed E-state index contributed by atoms with van der Waals surface area (Å²) in [5.41, 5.74) is 2.51. The number of piperazine rings is 1. The molecule has 1 aliphatic rings. The fourth-order valence-corrected chi connectivity index (χ4v) is 3.45. The van der Waals surface area contributed by atoms with Gasteiger partial charge in [0.15, 0.2) is 0 Å². The highest BCUT2D eigenvalue weighted by atomic mass is 16.5. The van der Waals surface area contributed by atoms with Crippen LogP contribution in [0.5, 0.6) is 5.75 Å². The Morgan fingerprint density at radius 3 is 2.15 bits per heavy atom. The molecule has 1 aromatic heterocycles. The lowest BCUT2D eigenvalue weighted by atomic mass is 10.1. The molecule has 27 heavy (non-hydrogen) atoms. The lowest BCUT2D eigenvalue weighted by Gasteiger charge is -2.36. The smallest absolute Gasteiger partial charge is 0.253 e. The van der Waals surface area contributed by atoms with Gasteiger partial charge in [0.1, 0.15) is 11.8 Å². The molecule has 1 unspecified atom stereocenters. The van der Waals surface area contributed by atoms with Gasteiger partial charge in [0.05, 0.1) is 12.8 Å². The van der Waals surface area contributed by atoms with Crippen molar-refractivity contribution in [2.24, 2.45) is 0 Å². The van der Waals surface area contributed by atoms with Crippen LogP contribution in [0.25, 0.3) is 0 Å². The zero-order valence-electron chi connectivity index (χ0n) is 16.3. The largest absolute Gasteiger partial charge is 0.497 e. The van der Waals surface area contributed by atoms with E-state index in [0.29, 0.717) is 31.7 Å². The maximum absolute atomic E-state index is 12.8. The van der Waals surface area contributed by atoms with E-state index in [-0.39, 0.29) is 17.9 Å². The summed E-state index contributed by atoms with van der Waals surface area (Å²) in [4.78, 5) is 29.1. The van der Waals surface area contributed by atoms with Gasteiger partial charge >= 0.3 is 0 Å². The van der Waals surface area contributed by atoms with E-state index in [1.807, 2.05) is 31.7 Å². The van der Waals surface area contributed by atoms with Crippen molar-refractivity contribution in [2.45, 2.75) is 26.8 Å².